The van der Waals surface area contributed by atoms with Gasteiger partial charge in [-0.25, -0.2) is 0 Å². The molecule has 0 spiro atoms. The molecule has 0 amide bonds. The molecule has 1 fully saturated rings. The van der Waals surface area contributed by atoms with Crippen LogP contribution in [0.4, 0.5) is 0 Å². The van der Waals surface area contributed by atoms with Gasteiger partial charge in [-0.15, -0.1) is 0 Å². The molecule has 7 heteroatoms. The van der Waals surface area contributed by atoms with E-state index in [0.717, 1.165) is 25.7 Å². The minimum atomic E-state index is -1.31. The van der Waals surface area contributed by atoms with Crippen LogP contribution in [0.15, 0.2) is 54.6 Å². The van der Waals surface area contributed by atoms with E-state index in [9.17, 15) is 9.90 Å². The van der Waals surface area contributed by atoms with Crippen molar-refractivity contribution in [2.24, 2.45) is 17.4 Å². The molecule has 0 saturated heterocycles. The van der Waals surface area contributed by atoms with E-state index in [1.165, 1.54) is 16.7 Å². The van der Waals surface area contributed by atoms with Crippen molar-refractivity contribution in [3.05, 3.63) is 60.2 Å². The van der Waals surface area contributed by atoms with Crippen LogP contribution in [0.5, 0.6) is 0 Å². The number of hydrogen-bond donors (Lipinski definition) is 5. The third kappa shape index (κ3) is 7.78. The lowest BCUT2D eigenvalue weighted by molar-refractivity contribution is -0.146. The molecule has 3 rings (SSSR count). The molecular formula is C24H35BN2O4. The van der Waals surface area contributed by atoms with Crippen LogP contribution in [0.25, 0.3) is 11.1 Å². The molecule has 0 aromatic heterocycles. The van der Waals surface area contributed by atoms with Crippen LogP contribution in [0, 0.1) is 5.92 Å². The van der Waals surface area contributed by atoms with Crippen molar-refractivity contribution in [2.75, 3.05) is 0 Å². The summed E-state index contributed by atoms with van der Waals surface area (Å²) in [5.41, 5.74) is 14.1. The molecule has 0 bridgehead atoms. The monoisotopic (exact) mass is 426 g/mol. The van der Waals surface area contributed by atoms with E-state index in [-0.39, 0.29) is 12.2 Å². The number of rotatable bonds is 9. The van der Waals surface area contributed by atoms with Gasteiger partial charge in [-0.1, -0.05) is 80.3 Å². The predicted molar refractivity (Wildman–Crippen MR) is 125 cm³/mol. The molecule has 31 heavy (non-hydrogen) atoms. The maximum atomic E-state index is 11.3. The molecule has 7 N–H and O–H groups in total. The Morgan fingerprint density at radius 1 is 0.968 bits per heavy atom. The van der Waals surface area contributed by atoms with Gasteiger partial charge in [-0.05, 0) is 48.2 Å². The van der Waals surface area contributed by atoms with Crippen LogP contribution in [0.3, 0.4) is 0 Å². The number of nitrogens with two attached hydrogens (primary N) is 2. The fourth-order valence-electron chi connectivity index (χ4n) is 4.13. The zero-order valence-corrected chi connectivity index (χ0v) is 18.1. The molecule has 168 valence electrons. The van der Waals surface area contributed by atoms with Crippen LogP contribution < -0.4 is 11.5 Å². The van der Waals surface area contributed by atoms with Gasteiger partial charge >= 0.3 is 13.1 Å². The van der Waals surface area contributed by atoms with Crippen molar-refractivity contribution in [1.82, 2.24) is 0 Å². The molecule has 1 saturated carbocycles. The lowest BCUT2D eigenvalue weighted by atomic mass is 9.77. The van der Waals surface area contributed by atoms with Gasteiger partial charge in [0.25, 0.3) is 0 Å². The summed E-state index contributed by atoms with van der Waals surface area (Å²) in [7, 11) is -1.31. The smallest absolute Gasteiger partial charge is 0.451 e. The molecule has 0 heterocycles. The number of carbonyl (C=O) groups is 1. The van der Waals surface area contributed by atoms with Gasteiger partial charge in [-0.2, -0.15) is 0 Å². The summed E-state index contributed by atoms with van der Waals surface area (Å²) in [6.07, 6.45) is 5.82. The standard InChI is InChI=1S/C13H13N.C11H22BNO4/c14-10-11-6-8-13(9-7-11)12-4-2-1-3-5-12;13-11(10(14)15,9-5-1-2-6-9)7-3-4-8-12(16)17/h1-9H,10,14H2;9,16-17H,1-8,13H2,(H,14,15)/t;11-/m.1/s1. The summed E-state index contributed by atoms with van der Waals surface area (Å²) in [5, 5.41) is 26.7. The summed E-state index contributed by atoms with van der Waals surface area (Å²) in [6.45, 7) is 0.606. The van der Waals surface area contributed by atoms with Gasteiger partial charge in [0, 0.05) is 6.54 Å². The van der Waals surface area contributed by atoms with Crippen molar-refractivity contribution in [2.45, 2.75) is 63.3 Å². The summed E-state index contributed by atoms with van der Waals surface area (Å²) < 4.78 is 0. The Hall–Kier alpha value is -2.19. The second-order valence-electron chi connectivity index (χ2n) is 8.32. The Kier molecular flexibility index (Phi) is 10.2. The second-order valence-corrected chi connectivity index (χ2v) is 8.32. The number of carboxylic acids is 1. The van der Waals surface area contributed by atoms with Gasteiger partial charge in [0.1, 0.15) is 5.54 Å². The van der Waals surface area contributed by atoms with Gasteiger partial charge in [0.15, 0.2) is 0 Å². The number of hydrogen-bond acceptors (Lipinski definition) is 5. The fraction of sp³-hybridized carbons (Fsp3) is 0.458. The molecule has 0 unspecified atom stereocenters. The number of unbranched alkanes of at least 4 members (excludes halogenated alkanes) is 1. The molecule has 6 nitrogen and oxygen atoms in total. The molecule has 2 aromatic rings. The zero-order chi connectivity index (χ0) is 22.7. The lowest BCUT2D eigenvalue weighted by Crippen LogP contribution is -2.53. The van der Waals surface area contributed by atoms with Crippen LogP contribution in [-0.2, 0) is 11.3 Å². The summed E-state index contributed by atoms with van der Waals surface area (Å²) >= 11 is 0. The zero-order valence-electron chi connectivity index (χ0n) is 18.1. The maximum absolute atomic E-state index is 11.3. The first kappa shape index (κ1) is 25.1. The molecule has 0 radical (unpaired) electrons. The second kappa shape index (κ2) is 12.6. The van der Waals surface area contributed by atoms with E-state index in [1.807, 2.05) is 18.2 Å². The molecule has 2 aromatic carbocycles. The van der Waals surface area contributed by atoms with Gasteiger partial charge < -0.3 is 26.6 Å². The topological polar surface area (TPSA) is 130 Å². The lowest BCUT2D eigenvalue weighted by Gasteiger charge is -2.31. The molecule has 1 aliphatic carbocycles. The van der Waals surface area contributed by atoms with Crippen LogP contribution in [0.2, 0.25) is 6.32 Å². The highest BCUT2D eigenvalue weighted by Gasteiger charge is 2.42. The molecule has 1 atom stereocenters. The number of aliphatic carboxylic acids is 1. The van der Waals surface area contributed by atoms with E-state index in [4.69, 9.17) is 21.5 Å². The van der Waals surface area contributed by atoms with Crippen molar-refractivity contribution in [1.29, 1.82) is 0 Å². The third-order valence-electron chi connectivity index (χ3n) is 6.08. The van der Waals surface area contributed by atoms with Crippen LogP contribution in [-0.4, -0.2) is 33.8 Å². The Morgan fingerprint density at radius 3 is 2.06 bits per heavy atom. The van der Waals surface area contributed by atoms with E-state index in [2.05, 4.69) is 36.4 Å². The fourth-order valence-corrected chi connectivity index (χ4v) is 4.13. The molecule has 1 aliphatic rings. The Morgan fingerprint density at radius 2 is 1.55 bits per heavy atom. The molecular weight excluding hydrogens is 391 g/mol. The normalized spacial score (nSPS) is 15.6. The van der Waals surface area contributed by atoms with Crippen molar-refractivity contribution in [3.8, 4) is 11.1 Å². The number of carboxylic acid groups (broad SMARTS) is 1. The minimum absolute atomic E-state index is 0.0686. The van der Waals surface area contributed by atoms with Gasteiger partial charge in [-0.3, -0.25) is 4.79 Å². The minimum Gasteiger partial charge on any atom is -0.480 e. The highest BCUT2D eigenvalue weighted by atomic mass is 16.4. The van der Waals surface area contributed by atoms with E-state index >= 15 is 0 Å². The Labute approximate surface area is 185 Å². The Balaban J connectivity index is 0.000000224. The predicted octanol–water partition coefficient (Wildman–Crippen LogP) is 3.41. The highest BCUT2D eigenvalue weighted by Crippen LogP contribution is 2.35. The maximum Gasteiger partial charge on any atom is 0.451 e. The first-order chi connectivity index (χ1) is 14.9. The van der Waals surface area contributed by atoms with E-state index < -0.39 is 18.6 Å². The average molecular weight is 426 g/mol. The van der Waals surface area contributed by atoms with Crippen molar-refractivity contribution in [3.63, 3.8) is 0 Å². The third-order valence-corrected chi connectivity index (χ3v) is 6.08. The largest absolute Gasteiger partial charge is 0.480 e. The van der Waals surface area contributed by atoms with Crippen molar-refractivity contribution < 1.29 is 19.9 Å². The molecule has 0 aliphatic heterocycles. The van der Waals surface area contributed by atoms with Crippen LogP contribution in [0.1, 0.15) is 50.5 Å². The summed E-state index contributed by atoms with van der Waals surface area (Å²) in [6, 6.07) is 18.7. The highest BCUT2D eigenvalue weighted by molar-refractivity contribution is 6.40. The SMILES string of the molecule is NCc1ccc(-c2ccccc2)cc1.N[C@@](CCCCB(O)O)(C(=O)O)C1CCCC1. The first-order valence-electron chi connectivity index (χ1n) is 11.1. The van der Waals surface area contributed by atoms with Gasteiger partial charge in [0.05, 0.1) is 0 Å². The van der Waals surface area contributed by atoms with E-state index in [1.54, 1.807) is 0 Å². The first-order valence-corrected chi connectivity index (χ1v) is 11.1. The quantitative estimate of drug-likeness (QED) is 0.309. The van der Waals surface area contributed by atoms with Crippen molar-refractivity contribution >= 4 is 13.1 Å². The van der Waals surface area contributed by atoms with Gasteiger partial charge in [0.2, 0.25) is 0 Å². The van der Waals surface area contributed by atoms with E-state index in [0.29, 0.717) is 25.8 Å². The summed E-state index contributed by atoms with van der Waals surface area (Å²) in [5.74, 6) is -0.854. The summed E-state index contributed by atoms with van der Waals surface area (Å²) in [4.78, 5) is 11.3. The average Bonchev–Trinajstić information content (AvgIpc) is 3.33. The Bertz CT molecular complexity index is 780. The number of benzene rings is 2. The van der Waals surface area contributed by atoms with Crippen LogP contribution >= 0.6 is 0 Å².